The summed E-state index contributed by atoms with van der Waals surface area (Å²) in [6.45, 7) is 6.30. The van der Waals surface area contributed by atoms with Crippen molar-refractivity contribution < 1.29 is 24.6 Å². The van der Waals surface area contributed by atoms with Crippen LogP contribution in [0.5, 0.6) is 5.88 Å². The number of benzene rings is 2. The average Bonchev–Trinajstić information content (AvgIpc) is 3.62. The predicted molar refractivity (Wildman–Crippen MR) is 147 cm³/mol. The summed E-state index contributed by atoms with van der Waals surface area (Å²) in [6, 6.07) is 12.4. The van der Waals surface area contributed by atoms with Gasteiger partial charge in [-0.3, -0.25) is 9.69 Å². The molecule has 0 unspecified atom stereocenters. The van der Waals surface area contributed by atoms with Gasteiger partial charge in [-0.25, -0.2) is 9.79 Å². The molecule has 39 heavy (non-hydrogen) atoms. The highest BCUT2D eigenvalue weighted by atomic mass is 35.5. The maximum Gasteiger partial charge on any atom is 0.407 e. The maximum atomic E-state index is 13.3. The number of nitrogens with one attached hydrogen (secondary N) is 1. The van der Waals surface area contributed by atoms with Crippen LogP contribution < -0.4 is 0 Å². The third kappa shape index (κ3) is 3.84. The first-order valence-corrected chi connectivity index (χ1v) is 13.1. The average molecular weight is 550 g/mol. The summed E-state index contributed by atoms with van der Waals surface area (Å²) in [5.74, 6) is -0.335. The van der Waals surface area contributed by atoms with Gasteiger partial charge in [0.2, 0.25) is 0 Å². The molecule has 0 saturated carbocycles. The van der Waals surface area contributed by atoms with Gasteiger partial charge in [0.25, 0.3) is 5.91 Å². The van der Waals surface area contributed by atoms with Crippen molar-refractivity contribution in [1.82, 2.24) is 14.8 Å². The van der Waals surface area contributed by atoms with Gasteiger partial charge in [0.15, 0.2) is 12.5 Å². The number of halogens is 1. The molecule has 10 nitrogen and oxygen atoms in total. The molecular weight excluding hydrogens is 522 g/mol. The Balaban J connectivity index is 1.27. The first-order chi connectivity index (χ1) is 18.5. The van der Waals surface area contributed by atoms with Crippen LogP contribution in [0.2, 0.25) is 5.02 Å². The Kier molecular flexibility index (Phi) is 5.65. The summed E-state index contributed by atoms with van der Waals surface area (Å²) in [4.78, 5) is 41.7. The SMILES string of the molecule is CC(C)(C)[C@@]12C[C@H](CN1C(=O)O)N(C(=O)CO/N=C1/C(c3c(O)[nH]c4ccc(Cl)cc34)=Nc3ccccc31)C2. The van der Waals surface area contributed by atoms with Gasteiger partial charge in [-0.1, -0.05) is 55.7 Å². The molecule has 2 amide bonds. The molecule has 3 aliphatic heterocycles. The number of amides is 2. The molecule has 3 aromatic rings. The van der Waals surface area contributed by atoms with Crippen LogP contribution in [-0.2, 0) is 9.63 Å². The zero-order valence-electron chi connectivity index (χ0n) is 21.7. The molecule has 0 radical (unpaired) electrons. The third-order valence-electron chi connectivity index (χ3n) is 8.24. The molecule has 2 bridgehead atoms. The van der Waals surface area contributed by atoms with Gasteiger partial charge >= 0.3 is 6.09 Å². The number of fused-ring (bicyclic) bond motifs is 4. The number of rotatable bonds is 4. The minimum absolute atomic E-state index is 0.0776. The van der Waals surface area contributed by atoms with Crippen molar-refractivity contribution in [2.45, 2.75) is 38.8 Å². The lowest BCUT2D eigenvalue weighted by Gasteiger charge is -2.48. The molecule has 2 aromatic carbocycles. The van der Waals surface area contributed by atoms with Crippen molar-refractivity contribution in [1.29, 1.82) is 0 Å². The van der Waals surface area contributed by atoms with Crippen LogP contribution in [0.4, 0.5) is 10.5 Å². The molecule has 0 aliphatic carbocycles. The number of carbonyl (C=O) groups excluding carboxylic acids is 1. The highest BCUT2D eigenvalue weighted by molar-refractivity contribution is 6.58. The fourth-order valence-electron chi connectivity index (χ4n) is 6.18. The van der Waals surface area contributed by atoms with E-state index in [0.717, 1.165) is 0 Å². The van der Waals surface area contributed by atoms with E-state index in [2.05, 4.69) is 10.1 Å². The molecule has 6 rings (SSSR count). The van der Waals surface area contributed by atoms with E-state index < -0.39 is 11.6 Å². The number of aromatic amines is 1. The summed E-state index contributed by atoms with van der Waals surface area (Å²) < 4.78 is 0. The second-order valence-corrected chi connectivity index (χ2v) is 11.7. The van der Waals surface area contributed by atoms with E-state index in [1.807, 2.05) is 45.0 Å². The fourth-order valence-corrected chi connectivity index (χ4v) is 6.36. The molecule has 202 valence electrons. The van der Waals surface area contributed by atoms with Crippen molar-refractivity contribution in [3.8, 4) is 5.88 Å². The molecule has 3 aliphatic rings. The summed E-state index contributed by atoms with van der Waals surface area (Å²) in [6.07, 6.45) is -0.369. The number of nitrogens with zero attached hydrogens (tertiary/aromatic N) is 4. The van der Waals surface area contributed by atoms with Crippen LogP contribution in [0.25, 0.3) is 10.9 Å². The highest BCUT2D eigenvalue weighted by Crippen LogP contribution is 2.50. The van der Waals surface area contributed by atoms with Crippen LogP contribution in [-0.4, -0.2) is 79.7 Å². The van der Waals surface area contributed by atoms with Crippen molar-refractivity contribution in [2.24, 2.45) is 15.6 Å². The number of aliphatic imine (C=N–C) groups is 1. The smallest absolute Gasteiger partial charge is 0.407 e. The van der Waals surface area contributed by atoms with Crippen molar-refractivity contribution in [2.75, 3.05) is 19.7 Å². The van der Waals surface area contributed by atoms with E-state index in [1.54, 1.807) is 23.1 Å². The van der Waals surface area contributed by atoms with E-state index in [4.69, 9.17) is 21.4 Å². The Morgan fingerprint density at radius 1 is 1.26 bits per heavy atom. The lowest BCUT2D eigenvalue weighted by molar-refractivity contribution is -0.140. The molecule has 2 atom stereocenters. The number of aromatic nitrogens is 1. The second kappa shape index (κ2) is 8.74. The first-order valence-electron chi connectivity index (χ1n) is 12.7. The number of carboxylic acid groups (broad SMARTS) is 1. The number of para-hydroxylation sites is 1. The van der Waals surface area contributed by atoms with Gasteiger partial charge in [-0.2, -0.15) is 0 Å². The zero-order valence-corrected chi connectivity index (χ0v) is 22.5. The Hall–Kier alpha value is -4.05. The van der Waals surface area contributed by atoms with Gasteiger partial charge in [0.1, 0.15) is 11.4 Å². The van der Waals surface area contributed by atoms with Gasteiger partial charge < -0.3 is 24.9 Å². The van der Waals surface area contributed by atoms with E-state index in [-0.39, 0.29) is 36.4 Å². The fraction of sp³-hybridized carbons (Fsp3) is 0.357. The van der Waals surface area contributed by atoms with Gasteiger partial charge in [-0.05, 0) is 36.1 Å². The molecular formula is C28H28ClN5O5. The zero-order chi connectivity index (χ0) is 27.7. The summed E-state index contributed by atoms with van der Waals surface area (Å²) in [5, 5.41) is 26.1. The highest BCUT2D eigenvalue weighted by Gasteiger charge is 2.62. The first kappa shape index (κ1) is 25.2. The largest absolute Gasteiger partial charge is 0.494 e. The molecule has 3 N–H and O–H groups in total. The van der Waals surface area contributed by atoms with E-state index >= 15 is 0 Å². The minimum Gasteiger partial charge on any atom is -0.494 e. The van der Waals surface area contributed by atoms with E-state index in [0.29, 0.717) is 57.1 Å². The monoisotopic (exact) mass is 549 g/mol. The lowest BCUT2D eigenvalue weighted by atomic mass is 9.73. The lowest BCUT2D eigenvalue weighted by Crippen LogP contribution is -2.62. The number of likely N-dealkylation sites (tertiary alicyclic amines) is 2. The number of hydrogen-bond acceptors (Lipinski definition) is 6. The quantitative estimate of drug-likeness (QED) is 0.404. The topological polar surface area (TPSA) is 131 Å². The van der Waals surface area contributed by atoms with Crippen molar-refractivity contribution >= 4 is 51.6 Å². The van der Waals surface area contributed by atoms with Crippen molar-refractivity contribution in [3.63, 3.8) is 0 Å². The van der Waals surface area contributed by atoms with Crippen molar-refractivity contribution in [3.05, 3.63) is 58.6 Å². The van der Waals surface area contributed by atoms with Gasteiger partial charge in [0.05, 0.1) is 22.8 Å². The van der Waals surface area contributed by atoms with Crippen LogP contribution >= 0.6 is 11.6 Å². The van der Waals surface area contributed by atoms with Crippen LogP contribution in [0.1, 0.15) is 38.3 Å². The van der Waals surface area contributed by atoms with E-state index in [9.17, 15) is 19.8 Å². The number of oxime groups is 1. The number of carbonyl (C=O) groups is 2. The van der Waals surface area contributed by atoms with Crippen LogP contribution in [0.15, 0.2) is 52.6 Å². The van der Waals surface area contributed by atoms with Crippen LogP contribution in [0, 0.1) is 5.41 Å². The standard InChI is InChI=1S/C28H28ClN5O5/c1-27(2,3)28-11-16(12-34(28)26(37)38)33(14-28)21(35)13-39-32-23-17-6-4-5-7-19(17)30-24(23)22-18-10-15(29)8-9-20(18)31-25(22)36/h4-10,16,31,36H,11-14H2,1-3H3,(H,37,38)/b32-23+/t16-,28+/m1/s1. The molecule has 2 saturated heterocycles. The Bertz CT molecular complexity index is 1590. The molecule has 11 heteroatoms. The third-order valence-corrected chi connectivity index (χ3v) is 8.48. The Morgan fingerprint density at radius 3 is 2.77 bits per heavy atom. The summed E-state index contributed by atoms with van der Waals surface area (Å²) in [7, 11) is 0. The molecule has 2 fully saturated rings. The normalized spacial score (nSPS) is 23.0. The second-order valence-electron chi connectivity index (χ2n) is 11.3. The van der Waals surface area contributed by atoms with E-state index in [1.165, 1.54) is 4.90 Å². The Labute approximate surface area is 229 Å². The number of piperazine rings is 1. The number of H-pyrrole nitrogens is 1. The number of hydrogen-bond donors (Lipinski definition) is 3. The molecule has 4 heterocycles. The maximum absolute atomic E-state index is 13.3. The van der Waals surface area contributed by atoms with Crippen LogP contribution in [0.3, 0.4) is 0 Å². The summed E-state index contributed by atoms with van der Waals surface area (Å²) in [5.41, 5.74) is 2.29. The van der Waals surface area contributed by atoms with Gasteiger partial charge in [0, 0.05) is 34.6 Å². The minimum atomic E-state index is -0.962. The van der Waals surface area contributed by atoms with Gasteiger partial charge in [-0.15, -0.1) is 0 Å². The predicted octanol–water partition coefficient (Wildman–Crippen LogP) is 4.76. The summed E-state index contributed by atoms with van der Waals surface area (Å²) >= 11 is 6.24. The number of aromatic hydroxyl groups is 1. The molecule has 1 aromatic heterocycles. The molecule has 0 spiro atoms. The Morgan fingerprint density at radius 2 is 2.03 bits per heavy atom.